The molecule has 0 saturated heterocycles. The summed E-state index contributed by atoms with van der Waals surface area (Å²) in [6.07, 6.45) is 11.1. The molecule has 0 aliphatic carbocycles. The molecule has 1 rings (SSSR count). The summed E-state index contributed by atoms with van der Waals surface area (Å²) in [7, 11) is 0. The van der Waals surface area contributed by atoms with Gasteiger partial charge in [0, 0.05) is 19.0 Å². The smallest absolute Gasteiger partial charge is 0.305 e. The van der Waals surface area contributed by atoms with E-state index < -0.39 is 9.85 Å². The van der Waals surface area contributed by atoms with E-state index >= 15 is 0 Å². The molecule has 0 radical (unpaired) electrons. The summed E-state index contributed by atoms with van der Waals surface area (Å²) in [6.45, 7) is 3.11. The van der Waals surface area contributed by atoms with Crippen LogP contribution in [0.25, 0.3) is 0 Å². The van der Waals surface area contributed by atoms with Crippen LogP contribution >= 0.6 is 0 Å². The lowest BCUT2D eigenvalue weighted by molar-refractivity contribution is -0.393. The van der Waals surface area contributed by atoms with E-state index in [4.69, 9.17) is 9.47 Å². The lowest BCUT2D eigenvalue weighted by Gasteiger charge is -2.08. The second-order valence-electron chi connectivity index (χ2n) is 7.55. The van der Waals surface area contributed by atoms with Crippen LogP contribution in [0.2, 0.25) is 0 Å². The zero-order chi connectivity index (χ0) is 23.6. The lowest BCUT2D eigenvalue weighted by Crippen LogP contribution is -2.15. The Labute approximate surface area is 189 Å². The molecule has 0 aliphatic rings. The van der Waals surface area contributed by atoms with Crippen LogP contribution in [0.3, 0.4) is 0 Å². The molecule has 1 aromatic carbocycles. The van der Waals surface area contributed by atoms with Crippen molar-refractivity contribution in [2.75, 3.05) is 31.7 Å². The molecule has 10 heteroatoms. The first-order valence-corrected chi connectivity index (χ1v) is 11.4. The van der Waals surface area contributed by atoms with Gasteiger partial charge in [0.1, 0.15) is 12.3 Å². The van der Waals surface area contributed by atoms with Crippen molar-refractivity contribution in [3.8, 4) is 0 Å². The van der Waals surface area contributed by atoms with Crippen molar-refractivity contribution in [1.82, 2.24) is 0 Å². The number of nitro benzene ring substituents is 2. The molecule has 0 heterocycles. The Morgan fingerprint density at radius 2 is 1.56 bits per heavy atom. The third kappa shape index (κ3) is 12.2. The van der Waals surface area contributed by atoms with E-state index in [1.54, 1.807) is 0 Å². The number of benzene rings is 1. The van der Waals surface area contributed by atoms with E-state index in [1.807, 2.05) is 0 Å². The number of carbonyl (C=O) groups excluding carboxylic acids is 1. The van der Waals surface area contributed by atoms with Gasteiger partial charge in [0.05, 0.1) is 29.1 Å². The average molecular weight is 454 g/mol. The number of rotatable bonds is 19. The number of ether oxygens (including phenoxy) is 2. The van der Waals surface area contributed by atoms with E-state index in [-0.39, 0.29) is 49.4 Å². The van der Waals surface area contributed by atoms with Gasteiger partial charge in [-0.25, -0.2) is 0 Å². The number of nitrogens with zero attached hydrogens (tertiary/aromatic N) is 2. The Kier molecular flexibility index (Phi) is 14.4. The number of nitro groups is 2. The molecule has 1 N–H and O–H groups in total. The maximum atomic E-state index is 11.7. The highest BCUT2D eigenvalue weighted by molar-refractivity contribution is 5.69. The molecule has 0 spiro atoms. The molecule has 180 valence electrons. The van der Waals surface area contributed by atoms with Crippen LogP contribution in [0.5, 0.6) is 0 Å². The molecular weight excluding hydrogens is 418 g/mol. The van der Waals surface area contributed by atoms with Crippen LogP contribution < -0.4 is 5.32 Å². The molecule has 0 aliphatic heterocycles. The Bertz CT molecular complexity index is 713. The Balaban J connectivity index is 2.05. The summed E-state index contributed by atoms with van der Waals surface area (Å²) in [5.74, 6) is -0.226. The van der Waals surface area contributed by atoms with Crippen molar-refractivity contribution >= 4 is 23.0 Å². The summed E-state index contributed by atoms with van der Waals surface area (Å²) in [6, 6.07) is 3.41. The van der Waals surface area contributed by atoms with Gasteiger partial charge < -0.3 is 14.8 Å². The topological polar surface area (TPSA) is 134 Å². The van der Waals surface area contributed by atoms with E-state index in [9.17, 15) is 25.0 Å². The molecule has 0 unspecified atom stereocenters. The molecule has 0 fully saturated rings. The predicted molar refractivity (Wildman–Crippen MR) is 122 cm³/mol. The van der Waals surface area contributed by atoms with Crippen LogP contribution in [-0.2, 0) is 14.3 Å². The fraction of sp³-hybridized carbons (Fsp3) is 0.682. The van der Waals surface area contributed by atoms with Gasteiger partial charge in [0.15, 0.2) is 0 Å². The Hall–Kier alpha value is -2.75. The summed E-state index contributed by atoms with van der Waals surface area (Å²) in [5.41, 5.74) is -0.538. The second kappa shape index (κ2) is 16.9. The number of unbranched alkanes of at least 4 members (excludes halogenated alkanes) is 8. The number of carbonyl (C=O) groups is 1. The van der Waals surface area contributed by atoms with Gasteiger partial charge in [-0.1, -0.05) is 58.3 Å². The lowest BCUT2D eigenvalue weighted by atomic mass is 10.1. The van der Waals surface area contributed by atoms with Crippen LogP contribution in [0.15, 0.2) is 18.2 Å². The number of nitrogens with one attached hydrogen (secondary N) is 1. The maximum absolute atomic E-state index is 11.7. The van der Waals surface area contributed by atoms with Crippen molar-refractivity contribution in [3.05, 3.63) is 38.4 Å². The molecule has 0 saturated carbocycles. The predicted octanol–water partition coefficient (Wildman–Crippen LogP) is 5.40. The Morgan fingerprint density at radius 3 is 2.19 bits per heavy atom. The van der Waals surface area contributed by atoms with Crippen molar-refractivity contribution in [3.63, 3.8) is 0 Å². The van der Waals surface area contributed by atoms with Crippen molar-refractivity contribution in [2.24, 2.45) is 0 Å². The Morgan fingerprint density at radius 1 is 0.906 bits per heavy atom. The number of hydrogen-bond donors (Lipinski definition) is 1. The monoisotopic (exact) mass is 453 g/mol. The number of non-ortho nitro benzene ring substituents is 1. The zero-order valence-electron chi connectivity index (χ0n) is 18.9. The highest BCUT2D eigenvalue weighted by atomic mass is 16.6. The van der Waals surface area contributed by atoms with Gasteiger partial charge in [-0.05, 0) is 12.5 Å². The van der Waals surface area contributed by atoms with Crippen LogP contribution in [0.4, 0.5) is 17.1 Å². The van der Waals surface area contributed by atoms with Gasteiger partial charge in [0.25, 0.3) is 11.4 Å². The third-order valence-electron chi connectivity index (χ3n) is 4.93. The molecule has 1 aromatic rings. The van der Waals surface area contributed by atoms with E-state index in [1.165, 1.54) is 50.7 Å². The van der Waals surface area contributed by atoms with Crippen molar-refractivity contribution in [2.45, 2.75) is 71.1 Å². The van der Waals surface area contributed by atoms with E-state index in [0.29, 0.717) is 6.42 Å². The molecule has 32 heavy (non-hydrogen) atoms. The highest BCUT2D eigenvalue weighted by Gasteiger charge is 2.19. The molecule has 10 nitrogen and oxygen atoms in total. The van der Waals surface area contributed by atoms with Crippen molar-refractivity contribution in [1.29, 1.82) is 0 Å². The molecule has 0 amide bonds. The fourth-order valence-corrected chi connectivity index (χ4v) is 3.16. The van der Waals surface area contributed by atoms with Crippen LogP contribution in [0, 0.1) is 20.2 Å². The van der Waals surface area contributed by atoms with E-state index in [2.05, 4.69) is 12.2 Å². The number of hydrogen-bond acceptors (Lipinski definition) is 8. The van der Waals surface area contributed by atoms with Gasteiger partial charge in [-0.2, -0.15) is 0 Å². The minimum absolute atomic E-state index is 0.161. The summed E-state index contributed by atoms with van der Waals surface area (Å²) < 4.78 is 10.5. The summed E-state index contributed by atoms with van der Waals surface area (Å²) in [4.78, 5) is 32.2. The van der Waals surface area contributed by atoms with Crippen LogP contribution in [0.1, 0.15) is 71.1 Å². The average Bonchev–Trinajstić information content (AvgIpc) is 2.77. The number of esters is 1. The summed E-state index contributed by atoms with van der Waals surface area (Å²) >= 11 is 0. The van der Waals surface area contributed by atoms with E-state index in [0.717, 1.165) is 25.3 Å². The highest BCUT2D eigenvalue weighted by Crippen LogP contribution is 2.28. The first-order chi connectivity index (χ1) is 15.5. The second-order valence-corrected chi connectivity index (χ2v) is 7.55. The number of anilines is 1. The molecule has 0 bridgehead atoms. The maximum Gasteiger partial charge on any atom is 0.305 e. The molecular formula is C22H35N3O7. The largest absolute Gasteiger partial charge is 0.463 e. The summed E-state index contributed by atoms with van der Waals surface area (Å²) in [5, 5.41) is 24.6. The van der Waals surface area contributed by atoms with Gasteiger partial charge >= 0.3 is 5.97 Å². The quantitative estimate of drug-likeness (QED) is 0.127. The third-order valence-corrected chi connectivity index (χ3v) is 4.93. The minimum Gasteiger partial charge on any atom is -0.463 e. The zero-order valence-corrected chi connectivity index (χ0v) is 18.9. The van der Waals surface area contributed by atoms with Crippen LogP contribution in [-0.4, -0.2) is 42.2 Å². The standard InChI is InChI=1S/C22H35N3O7/c1-2-3-4-5-6-7-8-9-10-11-22(26)32-17-16-31-15-14-23-20-13-12-19(24(27)28)18-21(20)25(29)30/h12-13,18,23H,2-11,14-17H2,1H3. The SMILES string of the molecule is CCCCCCCCCCCC(=O)OCCOCCNc1ccc([N+](=O)[O-])cc1[N+](=O)[O-]. The molecule has 0 atom stereocenters. The van der Waals surface area contributed by atoms with Gasteiger partial charge in [-0.3, -0.25) is 25.0 Å². The van der Waals surface area contributed by atoms with Gasteiger partial charge in [-0.15, -0.1) is 0 Å². The fourth-order valence-electron chi connectivity index (χ4n) is 3.16. The first-order valence-electron chi connectivity index (χ1n) is 11.4. The minimum atomic E-state index is -0.684. The normalized spacial score (nSPS) is 10.7. The first kappa shape index (κ1) is 27.3. The van der Waals surface area contributed by atoms with Crippen molar-refractivity contribution < 1.29 is 24.1 Å². The molecule has 0 aromatic heterocycles. The van der Waals surface area contributed by atoms with Gasteiger partial charge in [0.2, 0.25) is 0 Å².